The second-order valence-electron chi connectivity index (χ2n) is 11.4. The zero-order chi connectivity index (χ0) is 29.1. The van der Waals surface area contributed by atoms with Crippen LogP contribution in [-0.2, 0) is 26.4 Å². The third-order valence-corrected chi connectivity index (χ3v) is 9.93. The van der Waals surface area contributed by atoms with E-state index in [0.717, 1.165) is 44.9 Å². The number of rotatable bonds is 5. The summed E-state index contributed by atoms with van der Waals surface area (Å²) in [6.45, 7) is 2.27. The molecule has 214 valence electrons. The van der Waals surface area contributed by atoms with E-state index in [1.807, 2.05) is 58.4 Å². The topological polar surface area (TPSA) is 90.3 Å². The quantitative estimate of drug-likeness (QED) is 0.247. The zero-order valence-electron chi connectivity index (χ0n) is 23.3. The highest BCUT2D eigenvalue weighted by molar-refractivity contribution is 9.10. The Morgan fingerprint density at radius 3 is 2.60 bits per heavy atom. The Morgan fingerprint density at radius 2 is 1.93 bits per heavy atom. The summed E-state index contributed by atoms with van der Waals surface area (Å²) in [5.74, 6) is 1.22. The van der Waals surface area contributed by atoms with Gasteiger partial charge in [-0.3, -0.25) is 14.2 Å². The highest BCUT2D eigenvalue weighted by atomic mass is 79.9. The maximum atomic E-state index is 14.4. The molecular weight excluding hydrogens is 618 g/mol. The molecule has 1 aliphatic heterocycles. The predicted molar refractivity (Wildman–Crippen MR) is 164 cm³/mol. The Bertz CT molecular complexity index is 1910. The van der Waals surface area contributed by atoms with Gasteiger partial charge in [0.25, 0.3) is 11.5 Å². The number of carbonyl (C=O) groups excluding carboxylic acids is 1. The largest absolute Gasteiger partial charge is 0.330 e. The first kappa shape index (κ1) is 27.1. The highest BCUT2D eigenvalue weighted by Gasteiger charge is 2.34. The van der Waals surface area contributed by atoms with Crippen LogP contribution >= 0.6 is 27.5 Å². The van der Waals surface area contributed by atoms with Gasteiger partial charge in [-0.05, 0) is 84.1 Å². The lowest BCUT2D eigenvalue weighted by Gasteiger charge is -2.35. The second-order valence-corrected chi connectivity index (χ2v) is 12.7. The number of carbonyl (C=O) groups is 1. The number of hydrogen-bond donors (Lipinski definition) is 0. The predicted octanol–water partition coefficient (Wildman–Crippen LogP) is 5.63. The molecular formula is C31H29BrClN7O2. The molecule has 11 heteroatoms. The molecule has 2 aliphatic rings. The third kappa shape index (κ3) is 4.48. The van der Waals surface area contributed by atoms with Gasteiger partial charge < -0.3 is 9.47 Å². The first-order chi connectivity index (χ1) is 20.3. The van der Waals surface area contributed by atoms with Crippen LogP contribution < -0.4 is 5.56 Å². The molecule has 1 amide bonds. The van der Waals surface area contributed by atoms with Crippen molar-refractivity contribution in [3.05, 3.63) is 97.2 Å². The van der Waals surface area contributed by atoms with Crippen LogP contribution in [-0.4, -0.2) is 45.8 Å². The Morgan fingerprint density at radius 1 is 1.14 bits per heavy atom. The summed E-state index contributed by atoms with van der Waals surface area (Å²) in [7, 11) is 1.90. The van der Waals surface area contributed by atoms with Gasteiger partial charge in [-0.25, -0.2) is 4.52 Å². The van der Waals surface area contributed by atoms with E-state index in [0.29, 0.717) is 28.5 Å². The Labute approximate surface area is 255 Å². The van der Waals surface area contributed by atoms with Gasteiger partial charge in [-0.1, -0.05) is 30.9 Å². The van der Waals surface area contributed by atoms with Crippen molar-refractivity contribution in [3.8, 4) is 17.1 Å². The number of nitrogens with zero attached hydrogens (tertiary/aromatic N) is 7. The fourth-order valence-electron chi connectivity index (χ4n) is 6.15. The molecule has 0 spiro atoms. The van der Waals surface area contributed by atoms with E-state index in [2.05, 4.69) is 26.1 Å². The number of aryl methyl sites for hydroxylation is 1. The van der Waals surface area contributed by atoms with Crippen molar-refractivity contribution in [2.24, 2.45) is 13.0 Å². The van der Waals surface area contributed by atoms with E-state index < -0.39 is 0 Å². The lowest BCUT2D eigenvalue weighted by Crippen LogP contribution is -2.46. The van der Waals surface area contributed by atoms with Crippen molar-refractivity contribution >= 4 is 39.1 Å². The maximum Gasteiger partial charge on any atom is 0.261 e. The third-order valence-electron chi connectivity index (χ3n) is 8.70. The summed E-state index contributed by atoms with van der Waals surface area (Å²) in [6.07, 6.45) is 8.48. The zero-order valence-corrected chi connectivity index (χ0v) is 25.6. The number of aromatic nitrogens is 6. The molecule has 3 aromatic heterocycles. The molecule has 0 radical (unpaired) electrons. The Balaban J connectivity index is 1.35. The highest BCUT2D eigenvalue weighted by Crippen LogP contribution is 2.33. The summed E-state index contributed by atoms with van der Waals surface area (Å²) in [6, 6.07) is 12.9. The number of halogens is 2. The van der Waals surface area contributed by atoms with Gasteiger partial charge >= 0.3 is 0 Å². The molecule has 0 saturated heterocycles. The van der Waals surface area contributed by atoms with Gasteiger partial charge in [-0.2, -0.15) is 5.10 Å². The number of fused-ring (bicyclic) bond motifs is 3. The van der Waals surface area contributed by atoms with Gasteiger partial charge in [0.05, 0.1) is 29.1 Å². The van der Waals surface area contributed by atoms with E-state index in [1.165, 1.54) is 19.3 Å². The normalized spacial score (nSPS) is 17.0. The minimum atomic E-state index is -0.186. The van der Waals surface area contributed by atoms with E-state index in [1.54, 1.807) is 29.1 Å². The molecule has 9 nitrogen and oxygen atoms in total. The van der Waals surface area contributed by atoms with Crippen molar-refractivity contribution in [2.45, 2.75) is 51.6 Å². The van der Waals surface area contributed by atoms with Gasteiger partial charge in [0.1, 0.15) is 12.0 Å². The maximum absolute atomic E-state index is 14.4. The molecule has 0 unspecified atom stereocenters. The average Bonchev–Trinajstić information content (AvgIpc) is 3.58. The summed E-state index contributed by atoms with van der Waals surface area (Å²) >= 11 is 9.71. The van der Waals surface area contributed by atoms with Crippen LogP contribution in [0.25, 0.3) is 22.7 Å². The van der Waals surface area contributed by atoms with Gasteiger partial charge in [0, 0.05) is 39.8 Å². The molecule has 7 rings (SSSR count). The Kier molecular flexibility index (Phi) is 6.78. The lowest BCUT2D eigenvalue weighted by atomic mass is 9.81. The standard InChI is InChI=1S/C31H29BrClN7O2/c1-18-12-24-27(16-38(18)30(41)21-8-11-25(32)26(33)14-21)40-29(22(15-35-40)13-19-4-3-5-19)39(31(24)42)23-9-6-20(7-10-23)28-36-34-17-37(28)2/h6-11,14-15,17-19H,3-5,12-13,16H2,1-2H3/t18-/m1/s1. The van der Waals surface area contributed by atoms with Gasteiger partial charge in [-0.15, -0.1) is 10.2 Å². The molecule has 1 saturated carbocycles. The van der Waals surface area contributed by atoms with Crippen molar-refractivity contribution in [3.63, 3.8) is 0 Å². The molecule has 4 heterocycles. The summed E-state index contributed by atoms with van der Waals surface area (Å²) in [5, 5.41) is 13.5. The molecule has 0 N–H and O–H groups in total. The number of benzene rings is 2. The second kappa shape index (κ2) is 10.5. The molecule has 1 aliphatic carbocycles. The first-order valence-electron chi connectivity index (χ1n) is 14.1. The molecule has 0 bridgehead atoms. The van der Waals surface area contributed by atoms with Crippen molar-refractivity contribution in [1.29, 1.82) is 0 Å². The fourth-order valence-corrected chi connectivity index (χ4v) is 6.57. The van der Waals surface area contributed by atoms with Crippen LogP contribution in [0.15, 0.2) is 64.3 Å². The van der Waals surface area contributed by atoms with Crippen molar-refractivity contribution in [1.82, 2.24) is 33.8 Å². The smallest absolute Gasteiger partial charge is 0.261 e. The van der Waals surface area contributed by atoms with E-state index in [4.69, 9.17) is 16.7 Å². The van der Waals surface area contributed by atoms with Crippen LogP contribution in [0.1, 0.15) is 53.4 Å². The van der Waals surface area contributed by atoms with Crippen molar-refractivity contribution < 1.29 is 4.79 Å². The van der Waals surface area contributed by atoms with Gasteiger partial charge in [0.15, 0.2) is 5.82 Å². The minimum Gasteiger partial charge on any atom is -0.330 e. The first-order valence-corrected chi connectivity index (χ1v) is 15.3. The monoisotopic (exact) mass is 645 g/mol. The van der Waals surface area contributed by atoms with Gasteiger partial charge in [0.2, 0.25) is 0 Å². The van der Waals surface area contributed by atoms with Crippen LogP contribution in [0.3, 0.4) is 0 Å². The molecule has 1 atom stereocenters. The summed E-state index contributed by atoms with van der Waals surface area (Å²) < 4.78 is 6.30. The van der Waals surface area contributed by atoms with Crippen molar-refractivity contribution in [2.75, 3.05) is 0 Å². The van der Waals surface area contributed by atoms with Crippen LogP contribution in [0.4, 0.5) is 0 Å². The van der Waals surface area contributed by atoms with Crippen LogP contribution in [0.2, 0.25) is 5.02 Å². The minimum absolute atomic E-state index is 0.0649. The molecule has 2 aromatic carbocycles. The van der Waals surface area contributed by atoms with E-state index in [9.17, 15) is 9.59 Å². The molecule has 42 heavy (non-hydrogen) atoms. The Hall–Kier alpha value is -3.76. The van der Waals surface area contributed by atoms with E-state index >= 15 is 0 Å². The van der Waals surface area contributed by atoms with Crippen LogP contribution in [0, 0.1) is 5.92 Å². The average molecular weight is 647 g/mol. The fraction of sp³-hybridized carbons (Fsp3) is 0.323. The van der Waals surface area contributed by atoms with E-state index in [-0.39, 0.29) is 24.1 Å². The SMILES string of the molecule is C[C@@H]1Cc2c(n3ncc(CC4CCC4)c3n(-c3ccc(-c4nncn4C)cc3)c2=O)CN1C(=O)c1ccc(Br)c(Cl)c1. The number of hydrogen-bond acceptors (Lipinski definition) is 5. The molecule has 1 fully saturated rings. The lowest BCUT2D eigenvalue weighted by molar-refractivity contribution is 0.0651. The molecule has 5 aromatic rings. The summed E-state index contributed by atoms with van der Waals surface area (Å²) in [5.41, 5.74) is 5.39. The summed E-state index contributed by atoms with van der Waals surface area (Å²) in [4.78, 5) is 29.8. The van der Waals surface area contributed by atoms with Crippen LogP contribution in [0.5, 0.6) is 0 Å². The number of amides is 1.